The topological polar surface area (TPSA) is 171 Å². The zero-order chi connectivity index (χ0) is 28.6. The van der Waals surface area contributed by atoms with Crippen molar-refractivity contribution in [3.8, 4) is 5.75 Å². The van der Waals surface area contributed by atoms with E-state index in [9.17, 15) is 24.4 Å². The van der Waals surface area contributed by atoms with Gasteiger partial charge in [-0.25, -0.2) is 4.57 Å². The molecule has 4 atom stereocenters. The summed E-state index contributed by atoms with van der Waals surface area (Å²) in [4.78, 5) is 24.1. The highest BCUT2D eigenvalue weighted by Gasteiger charge is 2.44. The summed E-state index contributed by atoms with van der Waals surface area (Å²) >= 11 is 0. The number of carbonyl (C=O) groups is 2. The molecule has 0 saturated carbocycles. The summed E-state index contributed by atoms with van der Waals surface area (Å²) in [5, 5.41) is 23.6. The second-order valence-electron chi connectivity index (χ2n) is 9.02. The summed E-state index contributed by atoms with van der Waals surface area (Å²) in [6, 6.07) is 10.1. The molecule has 1 aliphatic heterocycles. The lowest BCUT2D eigenvalue weighted by Gasteiger charge is -2.24. The van der Waals surface area contributed by atoms with Crippen LogP contribution in [0.1, 0.15) is 44.0 Å². The van der Waals surface area contributed by atoms with Crippen molar-refractivity contribution in [2.75, 3.05) is 13.2 Å². The maximum Gasteiger partial charge on any atom is 0.459 e. The predicted molar refractivity (Wildman–Crippen MR) is 140 cm³/mol. The molecule has 12 nitrogen and oxygen atoms in total. The molecule has 2 unspecified atom stereocenters. The van der Waals surface area contributed by atoms with Crippen molar-refractivity contribution in [1.82, 2.24) is 5.09 Å². The van der Waals surface area contributed by atoms with Gasteiger partial charge in [-0.15, -0.1) is 4.57 Å². The van der Waals surface area contributed by atoms with Gasteiger partial charge < -0.3 is 29.9 Å². The smallest absolute Gasteiger partial charge is 0.459 e. The summed E-state index contributed by atoms with van der Waals surface area (Å²) in [5.74, 6) is -1.60. The van der Waals surface area contributed by atoms with Crippen LogP contribution in [0, 0.1) is 5.92 Å². The highest BCUT2D eigenvalue weighted by Crippen LogP contribution is 2.45. The van der Waals surface area contributed by atoms with Crippen LogP contribution in [0.25, 0.3) is 5.88 Å². The van der Waals surface area contributed by atoms with Crippen LogP contribution in [-0.2, 0) is 23.4 Å². The van der Waals surface area contributed by atoms with Gasteiger partial charge in [0, 0.05) is 6.07 Å². The Hall–Kier alpha value is -3.44. The fourth-order valence-electron chi connectivity index (χ4n) is 3.66. The molecule has 0 aliphatic carbocycles. The lowest BCUT2D eigenvalue weighted by molar-refractivity contribution is -0.602. The third-order valence-corrected chi connectivity index (χ3v) is 7.78. The summed E-state index contributed by atoms with van der Waals surface area (Å²) < 4.78 is 37.2. The quantitative estimate of drug-likeness (QED) is 0.152. The van der Waals surface area contributed by atoms with E-state index in [0.29, 0.717) is 0 Å². The molecule has 2 heterocycles. The summed E-state index contributed by atoms with van der Waals surface area (Å²) in [6.07, 6.45) is 1.76. The van der Waals surface area contributed by atoms with E-state index in [1.165, 1.54) is 36.0 Å². The molecule has 0 saturated heterocycles. The van der Waals surface area contributed by atoms with E-state index in [1.54, 1.807) is 30.3 Å². The molecule has 0 spiro atoms. The third kappa shape index (κ3) is 8.03. The van der Waals surface area contributed by atoms with Gasteiger partial charge in [0.1, 0.15) is 17.4 Å². The summed E-state index contributed by atoms with van der Waals surface area (Å²) in [6.45, 7) is 5.20. The van der Waals surface area contributed by atoms with Crippen LogP contribution in [0.15, 0.2) is 60.6 Å². The first kappa shape index (κ1) is 30.1. The average molecular weight is 565 g/mol. The normalized spacial score (nSPS) is 19.3. The van der Waals surface area contributed by atoms with Gasteiger partial charge in [0.2, 0.25) is 5.76 Å². The van der Waals surface area contributed by atoms with Crippen molar-refractivity contribution in [3.63, 3.8) is 0 Å². The number of pyridine rings is 1. The number of para-hydroxylation sites is 1. The third-order valence-electron chi connectivity index (χ3n) is 6.13. The van der Waals surface area contributed by atoms with E-state index in [0.717, 1.165) is 12.8 Å². The molecule has 212 valence electrons. The molecule has 13 heteroatoms. The molecular formula is C26H35N3O9P+. The van der Waals surface area contributed by atoms with E-state index in [-0.39, 0.29) is 29.7 Å². The average Bonchev–Trinajstić information content (AvgIpc) is 3.21. The highest BCUT2D eigenvalue weighted by molar-refractivity contribution is 7.52. The number of benzene rings is 1. The van der Waals surface area contributed by atoms with Crippen LogP contribution in [0.2, 0.25) is 0 Å². The van der Waals surface area contributed by atoms with E-state index in [2.05, 4.69) is 5.09 Å². The Kier molecular flexibility index (Phi) is 10.5. The highest BCUT2D eigenvalue weighted by atomic mass is 31.2. The minimum absolute atomic E-state index is 0.144. The molecule has 5 N–H and O–H groups in total. The number of nitrogens with two attached hydrogens (primary N) is 1. The monoisotopic (exact) mass is 564 g/mol. The number of rotatable bonds is 14. The van der Waals surface area contributed by atoms with E-state index >= 15 is 0 Å². The Bertz CT molecular complexity index is 1220. The zero-order valence-corrected chi connectivity index (χ0v) is 23.0. The van der Waals surface area contributed by atoms with Crippen LogP contribution >= 0.6 is 7.75 Å². The maximum absolute atomic E-state index is 13.7. The van der Waals surface area contributed by atoms with Crippen molar-refractivity contribution < 1.29 is 47.5 Å². The van der Waals surface area contributed by atoms with Crippen LogP contribution in [-0.4, -0.2) is 53.6 Å². The van der Waals surface area contributed by atoms with Crippen molar-refractivity contribution in [1.29, 1.82) is 0 Å². The molecule has 0 bridgehead atoms. The van der Waals surface area contributed by atoms with Crippen molar-refractivity contribution in [3.05, 3.63) is 66.2 Å². The Labute approximate surface area is 226 Å². The van der Waals surface area contributed by atoms with Crippen molar-refractivity contribution >= 4 is 25.5 Å². The number of nitrogens with zero attached hydrogens (tertiary/aromatic N) is 1. The van der Waals surface area contributed by atoms with E-state index < -0.39 is 50.2 Å². The fraction of sp³-hybridized carbons (Fsp3) is 0.423. The molecule has 1 amide bonds. The Morgan fingerprint density at radius 1 is 1.18 bits per heavy atom. The number of hydrogen-bond acceptors (Lipinski definition) is 9. The molecule has 39 heavy (non-hydrogen) atoms. The second-order valence-corrected chi connectivity index (χ2v) is 10.7. The Balaban J connectivity index is 1.72. The molecule has 0 fully saturated rings. The summed E-state index contributed by atoms with van der Waals surface area (Å²) in [5.41, 5.74) is 5.46. The van der Waals surface area contributed by atoms with Gasteiger partial charge in [-0.1, -0.05) is 44.9 Å². The number of aliphatic hydroxyl groups is 2. The fourth-order valence-corrected chi connectivity index (χ4v) is 5.16. The molecule has 1 aromatic heterocycles. The van der Waals surface area contributed by atoms with Gasteiger partial charge in [-0.2, -0.15) is 5.09 Å². The van der Waals surface area contributed by atoms with Gasteiger partial charge in [-0.05, 0) is 31.0 Å². The van der Waals surface area contributed by atoms with Gasteiger partial charge in [0.15, 0.2) is 24.6 Å². The zero-order valence-electron chi connectivity index (χ0n) is 22.1. The largest absolute Gasteiger partial charge is 0.502 e. The number of ether oxygens (including phenoxy) is 2. The SMILES string of the molecule is CCC(CC)COC(=O)[C@H](C)NP(=O)(OC[C@H]1OC([n+]2cccc(C(N)=O)c2)=C(O)C1O)Oc1ccccc1. The van der Waals surface area contributed by atoms with Gasteiger partial charge in [0.25, 0.3) is 5.91 Å². The number of esters is 1. The Morgan fingerprint density at radius 2 is 1.87 bits per heavy atom. The summed E-state index contributed by atoms with van der Waals surface area (Å²) in [7, 11) is -4.23. The lowest BCUT2D eigenvalue weighted by Crippen LogP contribution is -2.37. The molecule has 2 aromatic rings. The number of nitrogens with one attached hydrogen (secondary N) is 1. The molecule has 0 radical (unpaired) electrons. The van der Waals surface area contributed by atoms with Gasteiger partial charge in [-0.3, -0.25) is 14.1 Å². The first-order chi connectivity index (χ1) is 18.6. The first-order valence-electron chi connectivity index (χ1n) is 12.6. The van der Waals surface area contributed by atoms with Crippen molar-refractivity contribution in [2.45, 2.75) is 51.9 Å². The maximum atomic E-state index is 13.7. The molecule has 1 aromatic carbocycles. The molecule has 1 aliphatic rings. The lowest BCUT2D eigenvalue weighted by atomic mass is 10.1. The van der Waals surface area contributed by atoms with Crippen LogP contribution in [0.5, 0.6) is 5.75 Å². The van der Waals surface area contributed by atoms with E-state index in [4.69, 9.17) is 24.3 Å². The minimum atomic E-state index is -4.23. The van der Waals surface area contributed by atoms with Crippen molar-refractivity contribution in [2.24, 2.45) is 11.7 Å². The number of aromatic nitrogens is 1. The number of amides is 1. The number of aliphatic hydroxyl groups excluding tert-OH is 2. The van der Waals surface area contributed by atoms with E-state index in [1.807, 2.05) is 13.8 Å². The standard InChI is InChI=1S/C26H34N3O9P/c1-4-18(5-2)15-35-26(33)17(3)28-39(34,38-20-11-7-6-8-12-20)36-16-21-22(30)23(31)25(37-21)29-13-9-10-19(14-29)24(27)32/h6-14,17-18,21-22,30H,4-5,15-16H2,1-3H3,(H3-,27,28,31,32,34)/p+1/t17-,21+,22?,39?/m0/s1. The van der Waals surface area contributed by atoms with Gasteiger partial charge >= 0.3 is 19.6 Å². The number of primary amides is 1. The number of hydrogen-bond donors (Lipinski definition) is 4. The predicted octanol–water partition coefficient (Wildman–Crippen LogP) is 2.68. The number of carbonyl (C=O) groups excluding carboxylic acids is 2. The molecule has 3 rings (SSSR count). The molecular weight excluding hydrogens is 529 g/mol. The minimum Gasteiger partial charge on any atom is -0.502 e. The first-order valence-corrected chi connectivity index (χ1v) is 14.1. The second kappa shape index (κ2) is 13.6. The van der Waals surface area contributed by atoms with Crippen LogP contribution in [0.4, 0.5) is 0 Å². The Morgan fingerprint density at radius 3 is 2.51 bits per heavy atom. The van der Waals surface area contributed by atoms with Crippen LogP contribution < -0.4 is 19.9 Å². The van der Waals surface area contributed by atoms with Crippen LogP contribution in [0.3, 0.4) is 0 Å². The van der Waals surface area contributed by atoms with Gasteiger partial charge in [0.05, 0.1) is 13.2 Å².